The van der Waals surface area contributed by atoms with E-state index in [9.17, 15) is 138 Å². The number of aryl methyl sites for hydroxylation is 1. The highest BCUT2D eigenvalue weighted by Gasteiger charge is 2.63. The van der Waals surface area contributed by atoms with Crippen LogP contribution in [0, 0.1) is 6.92 Å². The van der Waals surface area contributed by atoms with Crippen molar-refractivity contribution in [3.05, 3.63) is 29.8 Å². The Kier molecular flexibility index (Phi) is 39.7. The molecule has 40 atom stereocenters. The molecule has 9 rings (SSSR count). The van der Waals surface area contributed by atoms with Crippen LogP contribution in [0.3, 0.4) is 0 Å². The number of rotatable bonds is 40. The van der Waals surface area contributed by atoms with Gasteiger partial charge in [-0.25, -0.2) is 35.9 Å². The molecular weight excluding hydrogens is 1960 g/mol. The van der Waals surface area contributed by atoms with E-state index in [4.69, 9.17) is 130 Å². The Labute approximate surface area is 764 Å². The second-order valence-electron chi connectivity index (χ2n) is 30.2. The van der Waals surface area contributed by atoms with Gasteiger partial charge in [0.15, 0.2) is 68.4 Å². The number of aliphatic hydroxyl groups excluding tert-OH is 13. The van der Waals surface area contributed by atoms with Crippen LogP contribution in [0.15, 0.2) is 24.3 Å². The Bertz CT molecular complexity index is 4700. The fraction of sp³-hybridized carbons (Fsp3) is 0.778. The first-order valence-electron chi connectivity index (χ1n) is 39.0. The fourth-order valence-electron chi connectivity index (χ4n) is 14.7. The van der Waals surface area contributed by atoms with Crippen LogP contribution in [-0.2, 0) is 204 Å². The molecule has 0 spiro atoms. The first-order chi connectivity index (χ1) is 63.7. The molecule has 69 nitrogen and oxygen atoms in total. The lowest BCUT2D eigenvalue weighted by atomic mass is 9.93. The van der Waals surface area contributed by atoms with Crippen molar-refractivity contribution >= 4 is 89.1 Å². The van der Waals surface area contributed by atoms with Gasteiger partial charge in [-0.3, -0.25) is 19.2 Å². The fourth-order valence-corrected chi connectivity index (χ4v) is 16.1. The van der Waals surface area contributed by atoms with E-state index < -0.39 is 361 Å². The summed E-state index contributed by atoms with van der Waals surface area (Å²) in [5, 5.41) is 162. The van der Waals surface area contributed by atoms with E-state index in [2.05, 4.69) is 67.8 Å². The number of nitrogens with two attached hydrogens (primary N) is 8. The number of nitrogens with one attached hydrogen (secondary N) is 4. The minimum Gasteiger partial charge on any atom is -0.462 e. The third-order valence-electron chi connectivity index (χ3n) is 21.1. The second-order valence-corrected chi connectivity index (χ2v) is 35.2. The van der Waals surface area contributed by atoms with Crippen LogP contribution in [0.25, 0.3) is 0 Å². The maximum absolute atomic E-state index is 13.9. The van der Waals surface area contributed by atoms with Gasteiger partial charge in [-0.2, -0.15) is 98.0 Å². The molecular formula is C63H100N12O57S4. The summed E-state index contributed by atoms with van der Waals surface area (Å²) in [4.78, 5) is 124. The minimum absolute atomic E-state index is 0.0189. The number of ether oxygens (including phenoxy) is 16. The Morgan fingerprint density at radius 1 is 0.287 bits per heavy atom. The molecule has 16 unspecified atom stereocenters. The summed E-state index contributed by atoms with van der Waals surface area (Å²) in [6.45, 7) is -0.934. The summed E-state index contributed by atoms with van der Waals surface area (Å²) in [6.07, 6.45) is -89.7. The third kappa shape index (κ3) is 27.4. The lowest BCUT2D eigenvalue weighted by Crippen LogP contribution is -2.71. The Morgan fingerprint density at radius 3 is 0.750 bits per heavy atom. The first kappa shape index (κ1) is 112. The van der Waals surface area contributed by atoms with Crippen molar-refractivity contribution in [1.29, 1.82) is 0 Å². The summed E-state index contributed by atoms with van der Waals surface area (Å²) in [5.41, 5.74) is 0.744. The van der Waals surface area contributed by atoms with Gasteiger partial charge in [0.25, 0.3) is 0 Å². The van der Waals surface area contributed by atoms with Crippen LogP contribution in [0.5, 0.6) is 5.75 Å². The molecule has 8 fully saturated rings. The number of carbonyl (C=O) groups excluding carboxylic acids is 8. The van der Waals surface area contributed by atoms with Crippen molar-refractivity contribution in [3.8, 4) is 5.75 Å². The average molecular weight is 2070 g/mol. The van der Waals surface area contributed by atoms with Gasteiger partial charge in [0, 0.05) is 27.7 Å². The Balaban J connectivity index is 0.972. The monoisotopic (exact) mass is 2060 g/mol. The molecule has 73 heteroatoms. The predicted octanol–water partition coefficient (Wildman–Crippen LogP) is -21.1. The summed E-state index contributed by atoms with van der Waals surface area (Å²) in [7, 11) is -21.2. The predicted molar refractivity (Wildman–Crippen MR) is 405 cm³/mol. The van der Waals surface area contributed by atoms with Crippen molar-refractivity contribution in [2.75, 3.05) is 26.4 Å². The molecule has 8 heterocycles. The standard InChI is InChI=1S/C63H100N12O57S4/c1-14-6-8-19(9-7-14)109-60-37(89)33(85)44(48(121-60)52(93)125-64)118-57-25(73-16(3)77)30(82)41(21(111-57)11-106-134(99,100)130-69)115-62-39(91)35(87)46(50(123-62)54(95)127-66)120-59-27(75-18(5)79)32(84)43(23(113-59)13-108-136(103,104)132-71)116-63-40(92)36(88)47(51(124-63)55(96)128-67)119-58-26(74-17(4)78)31(83)42(22(112-58)12-107-135(101,102)131-70)114-61-38(90)34(86)45(49(122-61)53(94)126-65)117-56-24(72-15(2)76)29(81)28(80)20(110-56)10-105-133(97,98)129-68/h6-9,20-51,56-63,80-92H,10-13,64-71H2,1-5H3,(H,72,76)(H,73,77)(H,74,78)(H,75,79)/t20?,21?,22?,23?,24?,25?,26?,27?,28-,29-,30-,31-,32-,33+,34+,35+,36+,37?,38?,39?,40?,41-,42-,43-,44-,45-,46+,47+,48?,49?,50?,51?,56+,57+,58+,59+,60-,61-,62-,63-/m1/s1. The van der Waals surface area contributed by atoms with Gasteiger partial charge in [0.2, 0.25) is 29.9 Å². The molecule has 4 amide bonds. The average Bonchev–Trinajstić information content (AvgIpc) is 0.772. The third-order valence-corrected chi connectivity index (χ3v) is 23.7. The maximum Gasteiger partial charge on any atom is 0.415 e. The van der Waals surface area contributed by atoms with Crippen LogP contribution < -0.4 is 73.2 Å². The van der Waals surface area contributed by atoms with Gasteiger partial charge in [-0.1, -0.05) is 17.7 Å². The molecule has 0 aliphatic carbocycles. The molecule has 778 valence electrons. The molecule has 8 aliphatic heterocycles. The highest BCUT2D eigenvalue weighted by atomic mass is 32.3. The molecule has 8 saturated heterocycles. The molecule has 0 bridgehead atoms. The quantitative estimate of drug-likeness (QED) is 0.0271. The van der Waals surface area contributed by atoms with Crippen molar-refractivity contribution in [2.24, 2.45) is 47.2 Å². The topological polar surface area (TPSA) is 1050 Å². The van der Waals surface area contributed by atoms with Crippen molar-refractivity contribution in [3.63, 3.8) is 0 Å². The largest absolute Gasteiger partial charge is 0.462 e. The SMILES string of the molecule is CC(=O)NC1[C@H](O[C@H]2C(C(=O)ON)O[C@@H](O[C@@H]3C(COS(=O)(=O)ON)O[C@@H](O[C@@H]4C(C(=O)ON)O[C@@H](O[C@@H]5C(COS(=O)(=O)ON)O[C@@H](O[C@@H]6C(C(=O)ON)O[C@@H](O[C@@H]7C(COS(=O)(=O)ON)O[C@@H](O[C@H]8C(C(=O)ON)O[C@@H](Oc9ccc(C)cc9)C(O)[C@@H]8O)C(NC(C)=O)[C@H]7O)C(O)[C@@H]6O)C(NC(C)=O)[C@H]5O)C(O)[C@@H]4O)C(NC(C)=O)[C@H]3O)C(O)[C@@H]2O)OC(COS(=O)(=O)ON)[C@@H](O)[C@@H]1O. The smallest absolute Gasteiger partial charge is 0.415 e. The van der Waals surface area contributed by atoms with E-state index in [1.165, 1.54) is 12.1 Å². The number of benzene rings is 1. The number of hydrogen-bond donors (Lipinski definition) is 25. The second kappa shape index (κ2) is 48.1. The zero-order valence-electron chi connectivity index (χ0n) is 70.3. The number of amides is 4. The lowest BCUT2D eigenvalue weighted by molar-refractivity contribution is -0.382. The van der Waals surface area contributed by atoms with Crippen LogP contribution in [0.4, 0.5) is 0 Å². The van der Waals surface area contributed by atoms with E-state index >= 15 is 0 Å². The number of carbonyl (C=O) groups is 8. The minimum atomic E-state index is -5.44. The molecule has 0 saturated carbocycles. The van der Waals surface area contributed by atoms with Gasteiger partial charge < -0.3 is 183 Å². The first-order valence-corrected chi connectivity index (χ1v) is 44.3. The van der Waals surface area contributed by atoms with Crippen LogP contribution in [-0.4, -0.2) is 419 Å². The van der Waals surface area contributed by atoms with E-state index in [-0.39, 0.29) is 5.75 Å². The number of aliphatic hydroxyl groups is 13. The molecule has 0 radical (unpaired) electrons. The molecule has 1 aromatic carbocycles. The molecule has 8 aliphatic rings. The van der Waals surface area contributed by atoms with Gasteiger partial charge in [-0.05, 0) is 19.1 Å². The molecule has 136 heavy (non-hydrogen) atoms. The van der Waals surface area contributed by atoms with Gasteiger partial charge >= 0.3 is 65.5 Å². The van der Waals surface area contributed by atoms with Crippen LogP contribution >= 0.6 is 0 Å². The summed E-state index contributed by atoms with van der Waals surface area (Å²) >= 11 is 0. The molecule has 33 N–H and O–H groups in total. The van der Waals surface area contributed by atoms with E-state index in [0.29, 0.717) is 0 Å². The van der Waals surface area contributed by atoms with E-state index in [1.807, 2.05) is 0 Å². The maximum atomic E-state index is 13.9. The number of hydrogen-bond acceptors (Lipinski definition) is 65. The summed E-state index contributed by atoms with van der Waals surface area (Å²) < 4.78 is 227. The summed E-state index contributed by atoms with van der Waals surface area (Å²) in [6, 6.07) is -2.81. The van der Waals surface area contributed by atoms with Crippen LogP contribution in [0.1, 0.15) is 33.3 Å². The Morgan fingerprint density at radius 2 is 0.507 bits per heavy atom. The van der Waals surface area contributed by atoms with Gasteiger partial charge in [-0.15, -0.1) is 0 Å². The van der Waals surface area contributed by atoms with Crippen LogP contribution in [0.2, 0.25) is 0 Å². The zero-order valence-corrected chi connectivity index (χ0v) is 73.5. The Hall–Kier alpha value is -7.18. The highest BCUT2D eigenvalue weighted by molar-refractivity contribution is 7.82. The van der Waals surface area contributed by atoms with Crippen molar-refractivity contribution in [2.45, 2.75) is 280 Å². The van der Waals surface area contributed by atoms with E-state index in [1.54, 1.807) is 19.1 Å². The van der Waals surface area contributed by atoms with Gasteiger partial charge in [0.1, 0.15) is 176 Å². The van der Waals surface area contributed by atoms with Crippen molar-refractivity contribution in [1.82, 2.24) is 21.3 Å². The zero-order chi connectivity index (χ0) is 101. The lowest BCUT2D eigenvalue weighted by Gasteiger charge is -2.51. The molecule has 0 aromatic heterocycles. The molecule has 1 aromatic rings. The van der Waals surface area contributed by atoms with E-state index in [0.717, 1.165) is 33.3 Å². The van der Waals surface area contributed by atoms with Crippen molar-refractivity contribution < 1.29 is 267 Å². The summed E-state index contributed by atoms with van der Waals surface area (Å²) in [5.74, 6) is 28.8. The highest BCUT2D eigenvalue weighted by Crippen LogP contribution is 2.41. The van der Waals surface area contributed by atoms with Gasteiger partial charge in [0.05, 0.1) is 26.4 Å². The normalized spacial score (nSPS) is 39.2.